The van der Waals surface area contributed by atoms with Gasteiger partial charge in [0, 0.05) is 19.2 Å². The van der Waals surface area contributed by atoms with Crippen LogP contribution in [0, 0.1) is 11.8 Å². The smallest absolute Gasteiger partial charge is 0.384 e. The maximum Gasteiger partial charge on any atom is 0.389 e. The first-order valence-electron chi connectivity index (χ1n) is 5.84. The Bertz CT molecular complexity index is 518. The summed E-state index contributed by atoms with van der Waals surface area (Å²) < 4.78 is 35.8. The van der Waals surface area contributed by atoms with Crippen LogP contribution in [0.5, 0.6) is 0 Å². The first kappa shape index (κ1) is 16.0. The second kappa shape index (κ2) is 7.50. The second-order valence-electron chi connectivity index (χ2n) is 3.83. The molecular formula is C13H13F3N2O2. The van der Waals surface area contributed by atoms with Crippen LogP contribution in [0.4, 0.5) is 13.2 Å². The van der Waals surface area contributed by atoms with Crippen LogP contribution in [0.25, 0.3) is 0 Å². The molecule has 1 rings (SSSR count). The van der Waals surface area contributed by atoms with E-state index in [1.165, 1.54) is 6.20 Å². The Labute approximate surface area is 114 Å². The minimum atomic E-state index is -4.23. The van der Waals surface area contributed by atoms with Gasteiger partial charge in [0.2, 0.25) is 0 Å². The molecule has 1 aromatic rings. The summed E-state index contributed by atoms with van der Waals surface area (Å²) in [6.07, 6.45) is -3.99. The highest BCUT2D eigenvalue weighted by Crippen LogP contribution is 2.20. The van der Waals surface area contributed by atoms with Crippen molar-refractivity contribution in [2.24, 2.45) is 0 Å². The molecular weight excluding hydrogens is 273 g/mol. The summed E-state index contributed by atoms with van der Waals surface area (Å²) in [6, 6.07) is 3.11. The van der Waals surface area contributed by atoms with Crippen LogP contribution < -0.4 is 5.32 Å². The molecule has 0 spiro atoms. The molecule has 1 aromatic heterocycles. The maximum absolute atomic E-state index is 11.9. The van der Waals surface area contributed by atoms with Gasteiger partial charge >= 0.3 is 6.18 Å². The number of aromatic nitrogens is 1. The predicted octanol–water partition coefficient (Wildman–Crippen LogP) is 1.50. The summed E-state index contributed by atoms with van der Waals surface area (Å²) in [5, 5.41) is 11.0. The zero-order valence-electron chi connectivity index (χ0n) is 10.5. The number of amides is 1. The summed E-state index contributed by atoms with van der Waals surface area (Å²) in [5.74, 6) is 4.35. The van der Waals surface area contributed by atoms with E-state index < -0.39 is 18.5 Å². The number of nitrogens with zero attached hydrogens (tertiary/aromatic N) is 1. The fraction of sp³-hybridized carbons (Fsp3) is 0.385. The molecule has 1 amide bonds. The SMILES string of the molecule is O=C(NCCCC(F)(F)F)c1ncccc1C#CCO. The first-order valence-corrected chi connectivity index (χ1v) is 5.84. The van der Waals surface area contributed by atoms with Crippen molar-refractivity contribution in [3.8, 4) is 11.8 Å². The van der Waals surface area contributed by atoms with Crippen LogP contribution in [0.15, 0.2) is 18.3 Å². The Kier molecular flexibility index (Phi) is 6.00. The third-order valence-corrected chi connectivity index (χ3v) is 2.25. The first-order chi connectivity index (χ1) is 9.44. The van der Waals surface area contributed by atoms with Gasteiger partial charge in [-0.3, -0.25) is 4.79 Å². The van der Waals surface area contributed by atoms with Crippen LogP contribution >= 0.6 is 0 Å². The predicted molar refractivity (Wildman–Crippen MR) is 65.8 cm³/mol. The zero-order valence-corrected chi connectivity index (χ0v) is 10.5. The van der Waals surface area contributed by atoms with Crippen LogP contribution in [-0.4, -0.2) is 35.3 Å². The summed E-state index contributed by atoms with van der Waals surface area (Å²) >= 11 is 0. The number of hydrogen-bond acceptors (Lipinski definition) is 3. The highest BCUT2D eigenvalue weighted by atomic mass is 19.4. The van der Waals surface area contributed by atoms with Gasteiger partial charge < -0.3 is 10.4 Å². The van der Waals surface area contributed by atoms with Crippen molar-refractivity contribution >= 4 is 5.91 Å². The number of halogens is 3. The van der Waals surface area contributed by atoms with E-state index in [0.717, 1.165) is 0 Å². The summed E-state index contributed by atoms with van der Waals surface area (Å²) in [4.78, 5) is 15.6. The molecule has 1 heterocycles. The molecule has 7 heteroatoms. The topological polar surface area (TPSA) is 62.2 Å². The standard InChI is InChI=1S/C13H13F3N2O2/c14-13(15,16)6-3-8-18-12(20)11-10(5-2-9-19)4-1-7-17-11/h1,4,7,19H,3,6,8-9H2,(H,18,20). The van der Waals surface area contributed by atoms with Crippen LogP contribution in [0.3, 0.4) is 0 Å². The van der Waals surface area contributed by atoms with Crippen molar-refractivity contribution in [1.82, 2.24) is 10.3 Å². The number of alkyl halides is 3. The highest BCUT2D eigenvalue weighted by molar-refractivity contribution is 5.94. The highest BCUT2D eigenvalue weighted by Gasteiger charge is 2.26. The fourth-order valence-corrected chi connectivity index (χ4v) is 1.40. The average molecular weight is 286 g/mol. The van der Waals surface area contributed by atoms with Crippen molar-refractivity contribution in [2.45, 2.75) is 19.0 Å². The molecule has 0 fully saturated rings. The van der Waals surface area contributed by atoms with Crippen LogP contribution in [0.2, 0.25) is 0 Å². The minimum Gasteiger partial charge on any atom is -0.384 e. The van der Waals surface area contributed by atoms with Crippen molar-refractivity contribution in [3.63, 3.8) is 0 Å². The van der Waals surface area contributed by atoms with Crippen molar-refractivity contribution in [1.29, 1.82) is 0 Å². The van der Waals surface area contributed by atoms with Gasteiger partial charge in [-0.05, 0) is 18.6 Å². The zero-order chi connectivity index (χ0) is 15.0. The largest absolute Gasteiger partial charge is 0.389 e. The number of rotatable bonds is 4. The number of hydrogen-bond donors (Lipinski definition) is 2. The van der Waals surface area contributed by atoms with Gasteiger partial charge in [-0.25, -0.2) is 4.98 Å². The summed E-state index contributed by atoms with van der Waals surface area (Å²) in [6.45, 7) is -0.455. The molecule has 0 bridgehead atoms. The number of nitrogens with one attached hydrogen (secondary N) is 1. The number of carbonyl (C=O) groups is 1. The van der Waals surface area contributed by atoms with E-state index in [9.17, 15) is 18.0 Å². The van der Waals surface area contributed by atoms with Crippen molar-refractivity contribution in [3.05, 3.63) is 29.6 Å². The van der Waals surface area contributed by atoms with Gasteiger partial charge in [-0.1, -0.05) is 11.8 Å². The van der Waals surface area contributed by atoms with Gasteiger partial charge in [-0.15, -0.1) is 0 Å². The average Bonchev–Trinajstić information content (AvgIpc) is 2.40. The maximum atomic E-state index is 11.9. The minimum absolute atomic E-state index is 0.0282. The number of aliphatic hydroxyl groups excluding tert-OH is 1. The molecule has 0 unspecified atom stereocenters. The van der Waals surface area contributed by atoms with Crippen LogP contribution in [0.1, 0.15) is 28.9 Å². The van der Waals surface area contributed by atoms with E-state index >= 15 is 0 Å². The Morgan fingerprint density at radius 2 is 2.20 bits per heavy atom. The van der Waals surface area contributed by atoms with Gasteiger partial charge in [0.25, 0.3) is 5.91 Å². The van der Waals surface area contributed by atoms with Gasteiger partial charge in [0.05, 0.1) is 5.56 Å². The Hall–Kier alpha value is -2.07. The number of pyridine rings is 1. The number of carbonyl (C=O) groups excluding carboxylic acids is 1. The van der Waals surface area contributed by atoms with E-state index in [4.69, 9.17) is 5.11 Å². The molecule has 0 saturated heterocycles. The normalized spacial score (nSPS) is 10.6. The molecule has 0 aromatic carbocycles. The molecule has 0 saturated carbocycles. The lowest BCUT2D eigenvalue weighted by molar-refractivity contribution is -0.135. The molecule has 20 heavy (non-hydrogen) atoms. The van der Waals surface area contributed by atoms with Gasteiger partial charge in [0.15, 0.2) is 0 Å². The molecule has 0 radical (unpaired) electrons. The molecule has 108 valence electrons. The van der Waals surface area contributed by atoms with E-state index in [1.807, 2.05) is 0 Å². The van der Waals surface area contributed by atoms with Crippen molar-refractivity contribution < 1.29 is 23.1 Å². The van der Waals surface area contributed by atoms with Crippen molar-refractivity contribution in [2.75, 3.05) is 13.2 Å². The van der Waals surface area contributed by atoms with Gasteiger partial charge in [0.1, 0.15) is 12.3 Å². The molecule has 0 aliphatic rings. The lowest BCUT2D eigenvalue weighted by Crippen LogP contribution is -2.27. The lowest BCUT2D eigenvalue weighted by atomic mass is 10.2. The summed E-state index contributed by atoms with van der Waals surface area (Å²) in [7, 11) is 0. The third-order valence-electron chi connectivity index (χ3n) is 2.25. The third kappa shape index (κ3) is 5.71. The monoisotopic (exact) mass is 286 g/mol. The van der Waals surface area contributed by atoms with Crippen LogP contribution in [-0.2, 0) is 0 Å². The molecule has 0 aliphatic heterocycles. The molecule has 2 N–H and O–H groups in total. The second-order valence-corrected chi connectivity index (χ2v) is 3.83. The Balaban J connectivity index is 2.60. The molecule has 4 nitrogen and oxygen atoms in total. The molecule has 0 aliphatic carbocycles. The van der Waals surface area contributed by atoms with E-state index in [-0.39, 0.29) is 25.3 Å². The quantitative estimate of drug-likeness (QED) is 0.651. The van der Waals surface area contributed by atoms with E-state index in [2.05, 4.69) is 22.1 Å². The Morgan fingerprint density at radius 1 is 1.45 bits per heavy atom. The number of aliphatic hydroxyl groups is 1. The summed E-state index contributed by atoms with van der Waals surface area (Å²) in [5.41, 5.74) is 0.343. The van der Waals surface area contributed by atoms with E-state index in [0.29, 0.717) is 5.56 Å². The lowest BCUT2D eigenvalue weighted by Gasteiger charge is -2.08. The fourth-order valence-electron chi connectivity index (χ4n) is 1.40. The Morgan fingerprint density at radius 3 is 2.85 bits per heavy atom. The van der Waals surface area contributed by atoms with Gasteiger partial charge in [-0.2, -0.15) is 13.2 Å². The molecule has 0 atom stereocenters. The van der Waals surface area contributed by atoms with E-state index in [1.54, 1.807) is 12.1 Å².